The molecule has 2 aromatic rings. The fraction of sp³-hybridized carbons (Fsp3) is 0.143. The molecule has 0 spiro atoms. The fourth-order valence-corrected chi connectivity index (χ4v) is 2.08. The molecule has 0 fully saturated rings. The molecule has 1 amide bonds. The highest BCUT2D eigenvalue weighted by Gasteiger charge is 2.13. The average Bonchev–Trinajstić information content (AvgIpc) is 2.48. The molecule has 0 saturated heterocycles. The van der Waals surface area contributed by atoms with Gasteiger partial charge in [0.1, 0.15) is 0 Å². The summed E-state index contributed by atoms with van der Waals surface area (Å²) in [7, 11) is 1.53. The summed E-state index contributed by atoms with van der Waals surface area (Å²) in [6.07, 6.45) is 1.62. The third-order valence-corrected chi connectivity index (χ3v) is 3.50. The molecule has 6 heteroatoms. The second kappa shape index (κ2) is 6.59. The number of carbonyl (C=O) groups is 1. The molecule has 0 radical (unpaired) electrons. The van der Waals surface area contributed by atoms with Gasteiger partial charge in [-0.15, -0.1) is 0 Å². The van der Waals surface area contributed by atoms with Gasteiger partial charge in [0, 0.05) is 18.3 Å². The summed E-state index contributed by atoms with van der Waals surface area (Å²) < 4.78 is 5.12. The zero-order valence-corrected chi connectivity index (χ0v) is 12.2. The van der Waals surface area contributed by atoms with Crippen LogP contribution < -0.4 is 10.1 Å². The quantitative estimate of drug-likeness (QED) is 0.942. The Bertz CT molecular complexity index is 632. The summed E-state index contributed by atoms with van der Waals surface area (Å²) in [6, 6.07) is 8.52. The summed E-state index contributed by atoms with van der Waals surface area (Å²) in [6.45, 7) is 0.290. The van der Waals surface area contributed by atoms with E-state index >= 15 is 0 Å². The third kappa shape index (κ3) is 3.21. The molecular weight excluding hydrogens is 299 g/mol. The molecule has 1 heterocycles. The number of aromatic nitrogens is 1. The van der Waals surface area contributed by atoms with Gasteiger partial charge in [-0.3, -0.25) is 4.79 Å². The Balaban J connectivity index is 2.11. The van der Waals surface area contributed by atoms with Crippen molar-refractivity contribution < 1.29 is 9.53 Å². The number of hydrogen-bond acceptors (Lipinski definition) is 3. The molecule has 4 nitrogen and oxygen atoms in total. The molecule has 1 aromatic carbocycles. The second-order valence-electron chi connectivity index (χ2n) is 3.96. The van der Waals surface area contributed by atoms with Crippen molar-refractivity contribution in [1.82, 2.24) is 10.3 Å². The number of halogens is 2. The number of methoxy groups -OCH3 is 1. The van der Waals surface area contributed by atoms with Gasteiger partial charge >= 0.3 is 0 Å². The monoisotopic (exact) mass is 310 g/mol. The maximum Gasteiger partial charge on any atom is 0.253 e. The minimum absolute atomic E-state index is 0.241. The maximum atomic E-state index is 12.1. The summed E-state index contributed by atoms with van der Waals surface area (Å²) in [5.74, 6) is 0.174. The first-order chi connectivity index (χ1) is 9.63. The van der Waals surface area contributed by atoms with Crippen LogP contribution >= 0.6 is 23.2 Å². The van der Waals surface area contributed by atoms with Crippen LogP contribution in [-0.2, 0) is 6.54 Å². The van der Waals surface area contributed by atoms with Gasteiger partial charge in [0.05, 0.1) is 22.7 Å². The molecule has 0 aliphatic heterocycles. The number of nitrogens with one attached hydrogen (secondary N) is 1. The Morgan fingerprint density at radius 1 is 1.30 bits per heavy atom. The van der Waals surface area contributed by atoms with Gasteiger partial charge in [0.2, 0.25) is 5.88 Å². The number of rotatable bonds is 4. The number of ether oxygens (including phenoxy) is 1. The first kappa shape index (κ1) is 14.6. The average molecular weight is 311 g/mol. The van der Waals surface area contributed by atoms with E-state index in [1.807, 2.05) is 6.07 Å². The molecule has 1 N–H and O–H groups in total. The number of benzene rings is 1. The highest BCUT2D eigenvalue weighted by molar-refractivity contribution is 6.43. The number of nitrogens with zero attached hydrogens (tertiary/aromatic N) is 1. The molecule has 0 unspecified atom stereocenters. The Morgan fingerprint density at radius 2 is 2.10 bits per heavy atom. The smallest absolute Gasteiger partial charge is 0.253 e. The standard InChI is InChI=1S/C14H12Cl2N2O2/c1-20-14-9(4-3-7-17-14)8-18-13(19)10-5-2-6-11(15)12(10)16/h2-7H,8H2,1H3,(H,18,19). The maximum absolute atomic E-state index is 12.1. The van der Waals surface area contributed by atoms with E-state index in [1.54, 1.807) is 30.5 Å². The minimum Gasteiger partial charge on any atom is -0.481 e. The van der Waals surface area contributed by atoms with Crippen LogP contribution in [0.1, 0.15) is 15.9 Å². The Hall–Kier alpha value is -1.78. The molecule has 0 aliphatic carbocycles. The normalized spacial score (nSPS) is 10.2. The number of pyridine rings is 1. The largest absolute Gasteiger partial charge is 0.481 e. The summed E-state index contributed by atoms with van der Waals surface area (Å²) in [5, 5.41) is 3.34. The number of hydrogen-bond donors (Lipinski definition) is 1. The van der Waals surface area contributed by atoms with Gasteiger partial charge in [-0.2, -0.15) is 0 Å². The zero-order chi connectivity index (χ0) is 14.5. The van der Waals surface area contributed by atoms with Crippen LogP contribution in [0.15, 0.2) is 36.5 Å². The van der Waals surface area contributed by atoms with Crippen LogP contribution in [0.3, 0.4) is 0 Å². The van der Waals surface area contributed by atoms with Crippen molar-refractivity contribution >= 4 is 29.1 Å². The third-order valence-electron chi connectivity index (χ3n) is 2.68. The van der Waals surface area contributed by atoms with E-state index in [9.17, 15) is 4.79 Å². The predicted octanol–water partition coefficient (Wildman–Crippen LogP) is 3.33. The van der Waals surface area contributed by atoms with Crippen LogP contribution in [0.5, 0.6) is 5.88 Å². The molecule has 2 rings (SSSR count). The van der Waals surface area contributed by atoms with Crippen molar-refractivity contribution in [2.45, 2.75) is 6.54 Å². The van der Waals surface area contributed by atoms with Crippen LogP contribution in [0.4, 0.5) is 0 Å². The lowest BCUT2D eigenvalue weighted by atomic mass is 10.2. The topological polar surface area (TPSA) is 51.2 Å². The van der Waals surface area contributed by atoms with Crippen molar-refractivity contribution in [3.8, 4) is 5.88 Å². The van der Waals surface area contributed by atoms with Crippen LogP contribution in [-0.4, -0.2) is 18.0 Å². The molecule has 0 saturated carbocycles. The van der Waals surface area contributed by atoms with Crippen molar-refractivity contribution in [1.29, 1.82) is 0 Å². The molecule has 0 bridgehead atoms. The fourth-order valence-electron chi connectivity index (χ4n) is 1.69. The van der Waals surface area contributed by atoms with Crippen LogP contribution in [0.25, 0.3) is 0 Å². The summed E-state index contributed by atoms with van der Waals surface area (Å²) in [5.41, 5.74) is 1.11. The van der Waals surface area contributed by atoms with Gasteiger partial charge in [-0.25, -0.2) is 4.98 Å². The molecule has 0 aliphatic rings. The van der Waals surface area contributed by atoms with Gasteiger partial charge in [0.15, 0.2) is 0 Å². The first-order valence-corrected chi connectivity index (χ1v) is 6.59. The molecule has 0 atom stereocenters. The highest BCUT2D eigenvalue weighted by atomic mass is 35.5. The SMILES string of the molecule is COc1ncccc1CNC(=O)c1cccc(Cl)c1Cl. The molecule has 20 heavy (non-hydrogen) atoms. The van der Waals surface area contributed by atoms with E-state index in [4.69, 9.17) is 27.9 Å². The van der Waals surface area contributed by atoms with Crippen molar-refractivity contribution in [3.05, 3.63) is 57.7 Å². The van der Waals surface area contributed by atoms with Gasteiger partial charge in [-0.1, -0.05) is 35.3 Å². The van der Waals surface area contributed by atoms with Gasteiger partial charge in [-0.05, 0) is 18.2 Å². The van der Waals surface area contributed by atoms with Crippen molar-refractivity contribution in [3.63, 3.8) is 0 Å². The predicted molar refractivity (Wildman–Crippen MR) is 78.4 cm³/mol. The lowest BCUT2D eigenvalue weighted by molar-refractivity contribution is 0.0951. The minimum atomic E-state index is -0.302. The van der Waals surface area contributed by atoms with E-state index < -0.39 is 0 Å². The van der Waals surface area contributed by atoms with E-state index in [0.29, 0.717) is 23.0 Å². The molecule has 104 valence electrons. The van der Waals surface area contributed by atoms with Crippen LogP contribution in [0, 0.1) is 0 Å². The van der Waals surface area contributed by atoms with Gasteiger partial charge < -0.3 is 10.1 Å². The summed E-state index contributed by atoms with van der Waals surface area (Å²) >= 11 is 11.9. The second-order valence-corrected chi connectivity index (χ2v) is 4.74. The highest BCUT2D eigenvalue weighted by Crippen LogP contribution is 2.25. The lowest BCUT2D eigenvalue weighted by Gasteiger charge is -2.09. The summed E-state index contributed by atoms with van der Waals surface area (Å²) in [4.78, 5) is 16.1. The van der Waals surface area contributed by atoms with E-state index in [0.717, 1.165) is 5.56 Å². The lowest BCUT2D eigenvalue weighted by Crippen LogP contribution is -2.23. The molecule has 1 aromatic heterocycles. The Morgan fingerprint density at radius 3 is 2.85 bits per heavy atom. The Labute approximate surface area is 126 Å². The van der Waals surface area contributed by atoms with E-state index in [-0.39, 0.29) is 10.9 Å². The van der Waals surface area contributed by atoms with Crippen molar-refractivity contribution in [2.75, 3.05) is 7.11 Å². The first-order valence-electron chi connectivity index (χ1n) is 5.83. The van der Waals surface area contributed by atoms with Crippen LogP contribution in [0.2, 0.25) is 10.0 Å². The number of carbonyl (C=O) groups excluding carboxylic acids is 1. The van der Waals surface area contributed by atoms with E-state index in [2.05, 4.69) is 10.3 Å². The Kier molecular flexibility index (Phi) is 4.82. The zero-order valence-electron chi connectivity index (χ0n) is 10.7. The molecular formula is C14H12Cl2N2O2. The van der Waals surface area contributed by atoms with E-state index in [1.165, 1.54) is 7.11 Å². The van der Waals surface area contributed by atoms with Gasteiger partial charge in [0.25, 0.3) is 5.91 Å². The van der Waals surface area contributed by atoms with Crippen molar-refractivity contribution in [2.24, 2.45) is 0 Å². The number of amides is 1.